The minimum Gasteiger partial charge on any atom is -0.272 e. The van der Waals surface area contributed by atoms with E-state index < -0.39 is 0 Å². The third kappa shape index (κ3) is 2.08. The van der Waals surface area contributed by atoms with Crippen molar-refractivity contribution in [3.05, 3.63) is 40.5 Å². The van der Waals surface area contributed by atoms with Crippen molar-refractivity contribution < 1.29 is 25.8 Å². The normalized spacial score (nSPS) is 12.4. The number of hydrogen-bond acceptors (Lipinski definition) is 0. The van der Waals surface area contributed by atoms with Gasteiger partial charge in [0.05, 0.1) is 0 Å². The first kappa shape index (κ1) is 11.9. The maximum Gasteiger partial charge on any atom is 0 e. The van der Waals surface area contributed by atoms with Crippen molar-refractivity contribution in [1.29, 1.82) is 0 Å². The Morgan fingerprint density at radius 1 is 1.14 bits per heavy atom. The molecule has 0 amide bonds. The zero-order valence-electron chi connectivity index (χ0n) is 8.85. The average Bonchev–Trinajstić information content (AvgIpc) is 2.62. The van der Waals surface area contributed by atoms with E-state index in [2.05, 4.69) is 38.1 Å². The fraction of sp³-hybridized carbons (Fsp3) is 0.385. The minimum absolute atomic E-state index is 0. The van der Waals surface area contributed by atoms with Gasteiger partial charge in [0.15, 0.2) is 0 Å². The van der Waals surface area contributed by atoms with Crippen molar-refractivity contribution in [3.8, 4) is 0 Å². The summed E-state index contributed by atoms with van der Waals surface area (Å²) >= 11 is 0. The average molecular weight is 350 g/mol. The van der Waals surface area contributed by atoms with Crippen LogP contribution in [0.5, 0.6) is 0 Å². The number of hydrogen-bond donors (Lipinski definition) is 0. The first-order chi connectivity index (χ1) is 6.35. The van der Waals surface area contributed by atoms with E-state index in [9.17, 15) is 0 Å². The van der Waals surface area contributed by atoms with Crippen LogP contribution in [-0.4, -0.2) is 0 Å². The van der Waals surface area contributed by atoms with Gasteiger partial charge in [0.25, 0.3) is 0 Å². The van der Waals surface area contributed by atoms with Gasteiger partial charge >= 0.3 is 0 Å². The quantitative estimate of drug-likeness (QED) is 0.568. The monoisotopic (exact) mass is 351 g/mol. The molecule has 0 fully saturated rings. The molecule has 0 spiro atoms. The predicted molar refractivity (Wildman–Crippen MR) is 56.6 cm³/mol. The molecule has 0 atom stereocenters. The maximum absolute atomic E-state index is 3.27. The van der Waals surface area contributed by atoms with Crippen LogP contribution in [0, 0.1) is 6.08 Å². The van der Waals surface area contributed by atoms with Gasteiger partial charge in [-0.3, -0.25) is 6.08 Å². The molecular formula is C13H15Hf-. The molecular weight excluding hydrogens is 335 g/mol. The molecule has 1 aromatic carbocycles. The van der Waals surface area contributed by atoms with E-state index in [4.69, 9.17) is 0 Å². The number of benzene rings is 1. The minimum atomic E-state index is 0. The van der Waals surface area contributed by atoms with Crippen LogP contribution in [0.1, 0.15) is 36.1 Å². The van der Waals surface area contributed by atoms with Crippen molar-refractivity contribution in [2.45, 2.75) is 33.1 Å². The van der Waals surface area contributed by atoms with Crippen LogP contribution in [0.2, 0.25) is 0 Å². The van der Waals surface area contributed by atoms with Crippen LogP contribution in [0.4, 0.5) is 0 Å². The third-order valence-corrected chi connectivity index (χ3v) is 2.77. The third-order valence-electron chi connectivity index (χ3n) is 2.77. The van der Waals surface area contributed by atoms with E-state index in [1.807, 2.05) is 0 Å². The first-order valence-electron chi connectivity index (χ1n) is 5.06. The number of allylic oxidation sites excluding steroid dienone is 1. The molecule has 0 aliphatic heterocycles. The van der Waals surface area contributed by atoms with E-state index in [0.29, 0.717) is 0 Å². The molecule has 0 bridgehead atoms. The summed E-state index contributed by atoms with van der Waals surface area (Å²) in [5, 5.41) is 0. The molecule has 0 saturated heterocycles. The standard InChI is InChI=1S/C13H15.Hf/c1-3-10-8-12-6-5-7-13(12)9-11(10)4-2;/h6,8-9H,3-4,7H2,1-2H3;/q-1;. The molecule has 1 aromatic rings. The van der Waals surface area contributed by atoms with Gasteiger partial charge in [0.2, 0.25) is 0 Å². The SMILES string of the molecule is CCc1cc2c(cc1CC)C[C-]=C2.[Hf]. The van der Waals surface area contributed by atoms with Gasteiger partial charge in [-0.1, -0.05) is 25.5 Å². The zero-order chi connectivity index (χ0) is 9.26. The second-order valence-electron chi connectivity index (χ2n) is 3.55. The molecule has 0 radical (unpaired) electrons. The Kier molecular flexibility index (Phi) is 4.31. The Bertz CT molecular complexity index is 350. The summed E-state index contributed by atoms with van der Waals surface area (Å²) in [6.45, 7) is 4.45. The van der Waals surface area contributed by atoms with Crippen LogP contribution >= 0.6 is 0 Å². The largest absolute Gasteiger partial charge is 0.272 e. The predicted octanol–water partition coefficient (Wildman–Crippen LogP) is 3.18. The van der Waals surface area contributed by atoms with Crippen molar-refractivity contribution in [3.63, 3.8) is 0 Å². The number of fused-ring (bicyclic) bond motifs is 1. The molecule has 0 aromatic heterocycles. The molecule has 1 aliphatic carbocycles. The maximum atomic E-state index is 3.27. The number of rotatable bonds is 2. The molecule has 0 heterocycles. The summed E-state index contributed by atoms with van der Waals surface area (Å²) in [7, 11) is 0. The second kappa shape index (κ2) is 5.06. The molecule has 14 heavy (non-hydrogen) atoms. The van der Waals surface area contributed by atoms with Crippen LogP contribution in [-0.2, 0) is 45.1 Å². The van der Waals surface area contributed by atoms with Gasteiger partial charge < -0.3 is 0 Å². The summed E-state index contributed by atoms with van der Waals surface area (Å²) in [6.07, 6.45) is 8.68. The summed E-state index contributed by atoms with van der Waals surface area (Å²) in [5.74, 6) is 0. The van der Waals surface area contributed by atoms with Gasteiger partial charge in [-0.15, -0.1) is 18.1 Å². The first-order valence-corrected chi connectivity index (χ1v) is 5.06. The van der Waals surface area contributed by atoms with Gasteiger partial charge in [0, 0.05) is 25.8 Å². The molecule has 1 aliphatic rings. The van der Waals surface area contributed by atoms with Gasteiger partial charge in [-0.25, -0.2) is 6.08 Å². The van der Waals surface area contributed by atoms with Crippen LogP contribution in [0.15, 0.2) is 12.1 Å². The molecule has 0 saturated carbocycles. The molecule has 0 nitrogen and oxygen atoms in total. The van der Waals surface area contributed by atoms with Crippen LogP contribution < -0.4 is 0 Å². The van der Waals surface area contributed by atoms with Crippen molar-refractivity contribution >= 4 is 6.08 Å². The van der Waals surface area contributed by atoms with Crippen molar-refractivity contribution in [1.82, 2.24) is 0 Å². The van der Waals surface area contributed by atoms with E-state index in [-0.39, 0.29) is 25.8 Å². The van der Waals surface area contributed by atoms with Crippen LogP contribution in [0.3, 0.4) is 0 Å². The molecule has 0 unspecified atom stereocenters. The fourth-order valence-corrected chi connectivity index (χ4v) is 1.98. The van der Waals surface area contributed by atoms with E-state index in [1.165, 1.54) is 22.3 Å². The van der Waals surface area contributed by atoms with E-state index in [0.717, 1.165) is 19.3 Å². The Labute approximate surface area is 105 Å². The molecule has 2 rings (SSSR count). The Hall–Kier alpha value is -0.170. The second-order valence-corrected chi connectivity index (χ2v) is 3.55. The summed E-state index contributed by atoms with van der Waals surface area (Å²) in [5.41, 5.74) is 5.85. The molecule has 72 valence electrons. The zero-order valence-corrected chi connectivity index (χ0v) is 12.4. The van der Waals surface area contributed by atoms with Crippen LogP contribution in [0.25, 0.3) is 6.08 Å². The summed E-state index contributed by atoms with van der Waals surface area (Å²) in [4.78, 5) is 0. The van der Waals surface area contributed by atoms with Gasteiger partial charge in [0.1, 0.15) is 0 Å². The topological polar surface area (TPSA) is 0 Å². The van der Waals surface area contributed by atoms with Crippen molar-refractivity contribution in [2.24, 2.45) is 0 Å². The Balaban J connectivity index is 0.000000980. The van der Waals surface area contributed by atoms with Gasteiger partial charge in [-0.2, -0.15) is 5.56 Å². The molecule has 0 N–H and O–H groups in total. The van der Waals surface area contributed by atoms with Crippen molar-refractivity contribution in [2.75, 3.05) is 0 Å². The summed E-state index contributed by atoms with van der Waals surface area (Å²) < 4.78 is 0. The van der Waals surface area contributed by atoms with E-state index >= 15 is 0 Å². The smallest absolute Gasteiger partial charge is 0 e. The Morgan fingerprint density at radius 2 is 1.79 bits per heavy atom. The fourth-order valence-electron chi connectivity index (χ4n) is 1.98. The van der Waals surface area contributed by atoms with E-state index in [1.54, 1.807) is 0 Å². The van der Waals surface area contributed by atoms with Gasteiger partial charge in [-0.05, 0) is 18.4 Å². The molecule has 1 heteroatoms. The number of aryl methyl sites for hydroxylation is 2. The Morgan fingerprint density at radius 3 is 2.43 bits per heavy atom. The summed E-state index contributed by atoms with van der Waals surface area (Å²) in [6, 6.07) is 4.68.